The van der Waals surface area contributed by atoms with Crippen LogP contribution in [-0.4, -0.2) is 47.5 Å². The number of rotatable bonds is 3. The third-order valence-corrected chi connectivity index (χ3v) is 2.75. The van der Waals surface area contributed by atoms with E-state index >= 15 is 0 Å². The summed E-state index contributed by atoms with van der Waals surface area (Å²) >= 11 is 4.49. The van der Waals surface area contributed by atoms with Gasteiger partial charge in [-0.3, -0.25) is 0 Å². The quantitative estimate of drug-likeness (QED) is 0.544. The third kappa shape index (κ3) is 3.53. The highest BCUT2D eigenvalue weighted by Gasteiger charge is 2.23. The van der Waals surface area contributed by atoms with E-state index in [9.17, 15) is 5.11 Å². The van der Waals surface area contributed by atoms with E-state index in [0.29, 0.717) is 6.04 Å². The van der Waals surface area contributed by atoms with Crippen molar-refractivity contribution in [2.75, 3.05) is 20.1 Å². The van der Waals surface area contributed by atoms with Gasteiger partial charge in [0.1, 0.15) is 0 Å². The van der Waals surface area contributed by atoms with E-state index in [2.05, 4.69) is 34.3 Å². The van der Waals surface area contributed by atoms with E-state index in [1.54, 1.807) is 0 Å². The van der Waals surface area contributed by atoms with Gasteiger partial charge in [0, 0.05) is 12.6 Å². The van der Waals surface area contributed by atoms with Crippen LogP contribution in [-0.2, 0) is 0 Å². The van der Waals surface area contributed by atoms with Gasteiger partial charge in [-0.15, -0.1) is 0 Å². The van der Waals surface area contributed by atoms with Crippen molar-refractivity contribution < 1.29 is 5.11 Å². The maximum Gasteiger partial charge on any atom is 0.0584 e. The van der Waals surface area contributed by atoms with E-state index in [4.69, 9.17) is 0 Å². The summed E-state index contributed by atoms with van der Waals surface area (Å²) < 4.78 is 0. The topological polar surface area (TPSA) is 35.8 Å². The van der Waals surface area contributed by atoms with Crippen molar-refractivity contribution in [3.8, 4) is 0 Å². The monoisotopic (exact) mass is 200 g/mol. The normalized spacial score (nSPS) is 29.7. The number of hydrogen-bond acceptors (Lipinski definition) is 4. The lowest BCUT2D eigenvalue weighted by Gasteiger charge is -2.34. The van der Waals surface area contributed by atoms with Crippen molar-refractivity contribution in [1.29, 1.82) is 0 Å². The smallest absolute Gasteiger partial charge is 0.0584 e. The number of aliphatic hydroxyl groups is 1. The number of thiocarbonyl (C=S) groups is 1. The van der Waals surface area contributed by atoms with E-state index in [1.165, 1.54) is 0 Å². The van der Waals surface area contributed by atoms with Crippen LogP contribution in [0.4, 0.5) is 0 Å². The number of isothiocyanates is 1. The third-order valence-electron chi connectivity index (χ3n) is 2.62. The molecule has 3 nitrogen and oxygen atoms in total. The summed E-state index contributed by atoms with van der Waals surface area (Å²) in [6.07, 6.45) is 2.60. The molecule has 1 aliphatic heterocycles. The molecule has 1 aliphatic rings. The average Bonchev–Trinajstić information content (AvgIpc) is 2.11. The van der Waals surface area contributed by atoms with Crippen molar-refractivity contribution in [3.05, 3.63) is 0 Å². The Labute approximate surface area is 84.5 Å². The second-order valence-electron chi connectivity index (χ2n) is 3.57. The van der Waals surface area contributed by atoms with Crippen molar-refractivity contribution in [1.82, 2.24) is 4.90 Å². The van der Waals surface area contributed by atoms with Crippen LogP contribution in [0, 0.1) is 0 Å². The molecule has 1 N–H and O–H groups in total. The van der Waals surface area contributed by atoms with E-state index in [0.717, 1.165) is 32.4 Å². The van der Waals surface area contributed by atoms with Crippen LogP contribution in [0.1, 0.15) is 19.3 Å². The molecule has 0 amide bonds. The van der Waals surface area contributed by atoms with Gasteiger partial charge in [-0.1, -0.05) is 0 Å². The lowest BCUT2D eigenvalue weighted by atomic mass is 9.98. The van der Waals surface area contributed by atoms with Gasteiger partial charge in [-0.2, -0.15) is 0 Å². The maximum atomic E-state index is 9.46. The van der Waals surface area contributed by atoms with Gasteiger partial charge in [0.05, 0.1) is 17.8 Å². The number of aliphatic hydroxyl groups excluding tert-OH is 1. The molecule has 2 unspecified atom stereocenters. The molecule has 0 aromatic heterocycles. The van der Waals surface area contributed by atoms with Crippen LogP contribution in [0.5, 0.6) is 0 Å². The molecule has 1 heterocycles. The first kappa shape index (κ1) is 10.8. The SMILES string of the molecule is CN1CCC(O)CC1CCN=C=S. The fourth-order valence-electron chi connectivity index (χ4n) is 1.74. The fourth-order valence-corrected chi connectivity index (χ4v) is 1.84. The molecule has 1 rings (SSSR count). The first-order valence-corrected chi connectivity index (χ1v) is 5.07. The van der Waals surface area contributed by atoms with E-state index in [1.807, 2.05) is 0 Å². The zero-order valence-corrected chi connectivity index (χ0v) is 8.76. The Morgan fingerprint density at radius 2 is 2.46 bits per heavy atom. The molecule has 0 aliphatic carbocycles. The molecule has 4 heteroatoms. The molecular weight excluding hydrogens is 184 g/mol. The molecule has 2 atom stereocenters. The van der Waals surface area contributed by atoms with Gasteiger partial charge < -0.3 is 10.0 Å². The summed E-state index contributed by atoms with van der Waals surface area (Å²) in [4.78, 5) is 6.17. The second kappa shape index (κ2) is 5.45. The van der Waals surface area contributed by atoms with Crippen LogP contribution < -0.4 is 0 Å². The molecule has 0 saturated carbocycles. The largest absolute Gasteiger partial charge is 0.393 e. The number of hydrogen-bond donors (Lipinski definition) is 1. The van der Waals surface area contributed by atoms with Gasteiger partial charge in [0.2, 0.25) is 0 Å². The summed E-state index contributed by atoms with van der Waals surface area (Å²) in [5, 5.41) is 11.8. The Hall–Kier alpha value is -0.280. The van der Waals surface area contributed by atoms with Crippen molar-refractivity contribution in [2.24, 2.45) is 4.99 Å². The minimum Gasteiger partial charge on any atom is -0.393 e. The molecule has 1 fully saturated rings. The summed E-state index contributed by atoms with van der Waals surface area (Å²) in [5.41, 5.74) is 0. The predicted molar refractivity (Wildman–Crippen MR) is 56.2 cm³/mol. The van der Waals surface area contributed by atoms with E-state index < -0.39 is 0 Å². The zero-order chi connectivity index (χ0) is 9.68. The Morgan fingerprint density at radius 1 is 1.69 bits per heavy atom. The highest BCUT2D eigenvalue weighted by atomic mass is 32.1. The highest BCUT2D eigenvalue weighted by molar-refractivity contribution is 7.78. The molecule has 0 radical (unpaired) electrons. The fraction of sp³-hybridized carbons (Fsp3) is 0.889. The Bertz CT molecular complexity index is 204. The van der Waals surface area contributed by atoms with Gasteiger partial charge >= 0.3 is 0 Å². The summed E-state index contributed by atoms with van der Waals surface area (Å²) in [6.45, 7) is 1.71. The first-order chi connectivity index (χ1) is 6.24. The number of aliphatic imine (C=N–C) groups is 1. The predicted octanol–water partition coefficient (Wildman–Crippen LogP) is 0.934. The van der Waals surface area contributed by atoms with Gasteiger partial charge in [-0.25, -0.2) is 4.99 Å². The standard InChI is InChI=1S/C9H16N2OS/c1-11-5-3-9(12)6-8(11)2-4-10-7-13/h8-9,12H,2-6H2,1H3. The number of piperidine rings is 1. The van der Waals surface area contributed by atoms with Crippen LogP contribution in [0.3, 0.4) is 0 Å². The lowest BCUT2D eigenvalue weighted by Crippen LogP contribution is -2.42. The minimum absolute atomic E-state index is 0.127. The van der Waals surface area contributed by atoms with Crippen LogP contribution >= 0.6 is 12.2 Å². The lowest BCUT2D eigenvalue weighted by molar-refractivity contribution is 0.0534. The zero-order valence-electron chi connectivity index (χ0n) is 7.94. The van der Waals surface area contributed by atoms with E-state index in [-0.39, 0.29) is 6.10 Å². The molecule has 13 heavy (non-hydrogen) atoms. The van der Waals surface area contributed by atoms with Crippen LogP contribution in [0.2, 0.25) is 0 Å². The Kier molecular flexibility index (Phi) is 4.53. The Balaban J connectivity index is 2.32. The number of nitrogens with zero attached hydrogens (tertiary/aromatic N) is 2. The molecule has 0 aromatic rings. The summed E-state index contributed by atoms with van der Waals surface area (Å²) in [6, 6.07) is 0.454. The molecular formula is C9H16N2OS. The minimum atomic E-state index is -0.127. The summed E-state index contributed by atoms with van der Waals surface area (Å²) in [7, 11) is 2.09. The van der Waals surface area contributed by atoms with Gasteiger partial charge in [-0.05, 0) is 38.5 Å². The van der Waals surface area contributed by atoms with Crippen LogP contribution in [0.15, 0.2) is 4.99 Å². The average molecular weight is 200 g/mol. The number of likely N-dealkylation sites (tertiary alicyclic amines) is 1. The Morgan fingerprint density at radius 3 is 3.15 bits per heavy atom. The summed E-state index contributed by atoms with van der Waals surface area (Å²) in [5.74, 6) is 0. The molecule has 1 saturated heterocycles. The molecule has 0 bridgehead atoms. The first-order valence-electron chi connectivity index (χ1n) is 4.66. The van der Waals surface area contributed by atoms with Gasteiger partial charge in [0.15, 0.2) is 0 Å². The van der Waals surface area contributed by atoms with Crippen molar-refractivity contribution in [3.63, 3.8) is 0 Å². The second-order valence-corrected chi connectivity index (χ2v) is 3.76. The highest BCUT2D eigenvalue weighted by Crippen LogP contribution is 2.18. The maximum absolute atomic E-state index is 9.46. The molecule has 0 aromatic carbocycles. The van der Waals surface area contributed by atoms with Gasteiger partial charge in [0.25, 0.3) is 0 Å². The van der Waals surface area contributed by atoms with Crippen molar-refractivity contribution in [2.45, 2.75) is 31.4 Å². The molecule has 0 spiro atoms. The van der Waals surface area contributed by atoms with Crippen molar-refractivity contribution >= 4 is 17.4 Å². The van der Waals surface area contributed by atoms with Crippen LogP contribution in [0.25, 0.3) is 0 Å². The molecule has 74 valence electrons.